The summed E-state index contributed by atoms with van der Waals surface area (Å²) in [5.74, 6) is 0. The maximum atomic E-state index is 12.0. The maximum absolute atomic E-state index is 12.0. The lowest BCUT2D eigenvalue weighted by Gasteiger charge is -2.38. The molecule has 0 aromatic carbocycles. The van der Waals surface area contributed by atoms with Crippen LogP contribution in [0.5, 0.6) is 0 Å². The topological polar surface area (TPSA) is 72.6 Å². The monoisotopic (exact) mass is 236 g/mol. The van der Waals surface area contributed by atoms with Crippen LogP contribution in [0, 0.1) is 0 Å². The van der Waals surface area contributed by atoms with E-state index in [4.69, 9.17) is 10.5 Å². The zero-order chi connectivity index (χ0) is 11.7. The van der Waals surface area contributed by atoms with Gasteiger partial charge in [-0.05, 0) is 20.8 Å². The fraction of sp³-hybridized carbons (Fsp3) is 1.00. The second-order valence-electron chi connectivity index (χ2n) is 4.53. The van der Waals surface area contributed by atoms with Crippen molar-refractivity contribution in [2.45, 2.75) is 31.6 Å². The highest BCUT2D eigenvalue weighted by molar-refractivity contribution is 7.89. The third-order valence-electron chi connectivity index (χ3n) is 2.59. The van der Waals surface area contributed by atoms with Crippen molar-refractivity contribution in [3.8, 4) is 0 Å². The first-order valence-corrected chi connectivity index (χ1v) is 6.63. The summed E-state index contributed by atoms with van der Waals surface area (Å²) in [7, 11) is -3.25. The highest BCUT2D eigenvalue weighted by Gasteiger charge is 2.36. The van der Waals surface area contributed by atoms with Crippen LogP contribution in [0.3, 0.4) is 0 Å². The summed E-state index contributed by atoms with van der Waals surface area (Å²) in [6, 6.07) is 0. The van der Waals surface area contributed by atoms with Gasteiger partial charge in [0.15, 0.2) is 0 Å². The van der Waals surface area contributed by atoms with Gasteiger partial charge in [-0.15, -0.1) is 0 Å². The van der Waals surface area contributed by atoms with E-state index in [-0.39, 0.29) is 6.54 Å². The normalized spacial score (nSPS) is 25.1. The number of morpholine rings is 1. The molecule has 0 aliphatic carbocycles. The number of ether oxygens (including phenoxy) is 1. The van der Waals surface area contributed by atoms with Crippen molar-refractivity contribution in [1.29, 1.82) is 0 Å². The lowest BCUT2D eigenvalue weighted by Crippen LogP contribution is -2.53. The molecule has 0 saturated carbocycles. The predicted molar refractivity (Wildman–Crippen MR) is 59.0 cm³/mol. The SMILES string of the molecule is CC(CN)S(=O)(=O)N1CCOC(C)(C)C1. The van der Waals surface area contributed by atoms with Gasteiger partial charge in [-0.1, -0.05) is 0 Å². The van der Waals surface area contributed by atoms with Crippen LogP contribution in [-0.4, -0.2) is 49.8 Å². The molecule has 0 radical (unpaired) electrons. The molecule has 2 N–H and O–H groups in total. The molecule has 0 aromatic heterocycles. The fourth-order valence-electron chi connectivity index (χ4n) is 1.57. The average molecular weight is 236 g/mol. The van der Waals surface area contributed by atoms with E-state index in [1.165, 1.54) is 4.31 Å². The predicted octanol–water partition coefficient (Wildman–Crippen LogP) is -0.226. The van der Waals surface area contributed by atoms with Crippen molar-refractivity contribution in [3.05, 3.63) is 0 Å². The molecule has 90 valence electrons. The summed E-state index contributed by atoms with van der Waals surface area (Å²) in [6.07, 6.45) is 0. The molecule has 0 spiro atoms. The van der Waals surface area contributed by atoms with Crippen LogP contribution in [-0.2, 0) is 14.8 Å². The van der Waals surface area contributed by atoms with Gasteiger partial charge in [-0.25, -0.2) is 8.42 Å². The van der Waals surface area contributed by atoms with Gasteiger partial charge in [0.25, 0.3) is 0 Å². The van der Waals surface area contributed by atoms with Gasteiger partial charge < -0.3 is 10.5 Å². The Balaban J connectivity index is 2.80. The maximum Gasteiger partial charge on any atom is 0.218 e. The van der Waals surface area contributed by atoms with Crippen LogP contribution in [0.4, 0.5) is 0 Å². The third-order valence-corrected chi connectivity index (χ3v) is 4.83. The van der Waals surface area contributed by atoms with E-state index in [0.29, 0.717) is 19.7 Å². The van der Waals surface area contributed by atoms with Crippen molar-refractivity contribution in [3.63, 3.8) is 0 Å². The van der Waals surface area contributed by atoms with Crippen LogP contribution >= 0.6 is 0 Å². The lowest BCUT2D eigenvalue weighted by atomic mass is 10.1. The van der Waals surface area contributed by atoms with Gasteiger partial charge in [0, 0.05) is 19.6 Å². The molecular formula is C9H20N2O3S. The Hall–Kier alpha value is -0.170. The van der Waals surface area contributed by atoms with Gasteiger partial charge in [0.05, 0.1) is 17.5 Å². The van der Waals surface area contributed by atoms with Crippen LogP contribution in [0.1, 0.15) is 20.8 Å². The second-order valence-corrected chi connectivity index (χ2v) is 6.88. The van der Waals surface area contributed by atoms with Gasteiger partial charge in [0.1, 0.15) is 0 Å². The number of hydrogen-bond donors (Lipinski definition) is 1. The highest BCUT2D eigenvalue weighted by atomic mass is 32.2. The number of rotatable bonds is 3. The summed E-state index contributed by atoms with van der Waals surface area (Å²) < 4.78 is 30.9. The van der Waals surface area contributed by atoms with E-state index in [2.05, 4.69) is 0 Å². The molecule has 5 nitrogen and oxygen atoms in total. The summed E-state index contributed by atoms with van der Waals surface area (Å²) in [5, 5.41) is -0.522. The zero-order valence-corrected chi connectivity index (χ0v) is 10.4. The smallest absolute Gasteiger partial charge is 0.218 e. The van der Waals surface area contributed by atoms with Crippen molar-refractivity contribution >= 4 is 10.0 Å². The van der Waals surface area contributed by atoms with Crippen LogP contribution in [0.25, 0.3) is 0 Å². The molecule has 1 aliphatic heterocycles. The van der Waals surface area contributed by atoms with Crippen molar-refractivity contribution in [1.82, 2.24) is 4.31 Å². The minimum absolute atomic E-state index is 0.153. The van der Waals surface area contributed by atoms with Crippen LogP contribution in [0.15, 0.2) is 0 Å². The summed E-state index contributed by atoms with van der Waals surface area (Å²) in [4.78, 5) is 0. The summed E-state index contributed by atoms with van der Waals surface area (Å²) in [5.41, 5.74) is 4.99. The number of nitrogens with zero attached hydrogens (tertiary/aromatic N) is 1. The summed E-state index contributed by atoms with van der Waals surface area (Å²) >= 11 is 0. The molecule has 6 heteroatoms. The standard InChI is InChI=1S/C9H20N2O3S/c1-8(6-10)15(12,13)11-4-5-14-9(2,3)7-11/h8H,4-7,10H2,1-3H3. The number of hydrogen-bond acceptors (Lipinski definition) is 4. The molecule has 1 saturated heterocycles. The first-order valence-electron chi connectivity index (χ1n) is 5.12. The molecule has 1 heterocycles. The molecule has 1 fully saturated rings. The Morgan fingerprint density at radius 1 is 1.53 bits per heavy atom. The molecule has 1 unspecified atom stereocenters. The summed E-state index contributed by atoms with van der Waals surface area (Å²) in [6.45, 7) is 6.85. The van der Waals surface area contributed by atoms with E-state index in [1.54, 1.807) is 6.92 Å². The van der Waals surface area contributed by atoms with Gasteiger partial charge >= 0.3 is 0 Å². The number of sulfonamides is 1. The Morgan fingerprint density at radius 3 is 2.60 bits per heavy atom. The first kappa shape index (κ1) is 12.9. The molecule has 0 amide bonds. The Bertz CT molecular complexity index is 313. The van der Waals surface area contributed by atoms with E-state index >= 15 is 0 Å². The Labute approximate surface area is 91.6 Å². The third kappa shape index (κ3) is 2.90. The molecule has 1 aliphatic rings. The Kier molecular flexibility index (Phi) is 3.76. The number of nitrogens with two attached hydrogens (primary N) is 1. The van der Waals surface area contributed by atoms with E-state index < -0.39 is 20.9 Å². The molecule has 1 rings (SSSR count). The van der Waals surface area contributed by atoms with Crippen molar-refractivity contribution in [2.75, 3.05) is 26.2 Å². The second kappa shape index (κ2) is 4.37. The van der Waals surface area contributed by atoms with E-state index in [0.717, 1.165) is 0 Å². The highest BCUT2D eigenvalue weighted by Crippen LogP contribution is 2.20. The molecule has 1 atom stereocenters. The lowest BCUT2D eigenvalue weighted by molar-refractivity contribution is -0.0641. The molecule has 0 aromatic rings. The molecular weight excluding hydrogens is 216 g/mol. The molecule has 15 heavy (non-hydrogen) atoms. The quantitative estimate of drug-likeness (QED) is 0.735. The van der Waals surface area contributed by atoms with Gasteiger partial charge in [-0.3, -0.25) is 0 Å². The fourth-order valence-corrected chi connectivity index (χ4v) is 3.14. The van der Waals surface area contributed by atoms with Crippen LogP contribution in [0.2, 0.25) is 0 Å². The largest absolute Gasteiger partial charge is 0.373 e. The van der Waals surface area contributed by atoms with Gasteiger partial charge in [0.2, 0.25) is 10.0 Å². The molecule has 0 bridgehead atoms. The minimum Gasteiger partial charge on any atom is -0.373 e. The van der Waals surface area contributed by atoms with Crippen molar-refractivity contribution < 1.29 is 13.2 Å². The Morgan fingerprint density at radius 2 is 2.13 bits per heavy atom. The minimum atomic E-state index is -3.25. The van der Waals surface area contributed by atoms with Gasteiger partial charge in [-0.2, -0.15) is 4.31 Å². The van der Waals surface area contributed by atoms with Crippen LogP contribution < -0.4 is 5.73 Å². The average Bonchev–Trinajstić information content (AvgIpc) is 2.15. The zero-order valence-electron chi connectivity index (χ0n) is 9.56. The van der Waals surface area contributed by atoms with E-state index in [1.807, 2.05) is 13.8 Å². The van der Waals surface area contributed by atoms with Crippen molar-refractivity contribution in [2.24, 2.45) is 5.73 Å². The van der Waals surface area contributed by atoms with E-state index in [9.17, 15) is 8.42 Å². The first-order chi connectivity index (χ1) is 6.79.